The van der Waals surface area contributed by atoms with Crippen LogP contribution in [0.15, 0.2) is 66.9 Å². The van der Waals surface area contributed by atoms with Gasteiger partial charge in [-0.3, -0.25) is 0 Å². The van der Waals surface area contributed by atoms with Crippen LogP contribution in [0.3, 0.4) is 0 Å². The third-order valence-electron chi connectivity index (χ3n) is 4.77. The average Bonchev–Trinajstić information content (AvgIpc) is 2.87. The summed E-state index contributed by atoms with van der Waals surface area (Å²) < 4.78 is 2.42. The predicted octanol–water partition coefficient (Wildman–Crippen LogP) is 4.79. The quantitative estimate of drug-likeness (QED) is 0.596. The first-order valence-electron chi connectivity index (χ1n) is 8.02. The van der Waals surface area contributed by atoms with E-state index in [2.05, 4.69) is 85.3 Å². The van der Waals surface area contributed by atoms with E-state index >= 15 is 0 Å². The summed E-state index contributed by atoms with van der Waals surface area (Å²) >= 11 is 0. The number of hydrogen-bond donors (Lipinski definition) is 0. The van der Waals surface area contributed by atoms with E-state index in [1.54, 1.807) is 0 Å². The average molecular weight is 286 g/mol. The van der Waals surface area contributed by atoms with E-state index < -0.39 is 0 Å². The molecule has 0 aliphatic carbocycles. The number of pyridine rings is 1. The SMILES string of the molecule is CCc1cc2[n+](cc1-c1ccccc1)C(C)c1ccccc1-2. The molecule has 1 atom stereocenters. The monoisotopic (exact) mass is 286 g/mol. The topological polar surface area (TPSA) is 3.88 Å². The number of fused-ring (bicyclic) bond motifs is 3. The fraction of sp³-hybridized carbons (Fsp3) is 0.190. The summed E-state index contributed by atoms with van der Waals surface area (Å²) in [7, 11) is 0. The Bertz CT molecular complexity index is 834. The van der Waals surface area contributed by atoms with Gasteiger partial charge in [0.1, 0.15) is 0 Å². The molecule has 4 rings (SSSR count). The standard InChI is InChI=1S/C21H20N/c1-3-16-13-21-19-12-8-7-11-18(19)15(2)22(21)14-20(16)17-9-5-4-6-10-17/h4-15H,3H2,1-2H3/q+1. The molecule has 22 heavy (non-hydrogen) atoms. The third-order valence-corrected chi connectivity index (χ3v) is 4.77. The maximum absolute atomic E-state index is 2.42. The Morgan fingerprint density at radius 3 is 2.41 bits per heavy atom. The molecule has 1 aliphatic heterocycles. The zero-order valence-electron chi connectivity index (χ0n) is 13.1. The van der Waals surface area contributed by atoms with E-state index in [9.17, 15) is 0 Å². The molecule has 0 fully saturated rings. The highest BCUT2D eigenvalue weighted by Crippen LogP contribution is 2.36. The van der Waals surface area contributed by atoms with E-state index in [0.29, 0.717) is 6.04 Å². The molecule has 0 bridgehead atoms. The van der Waals surface area contributed by atoms with Crippen molar-refractivity contribution in [2.45, 2.75) is 26.3 Å². The molecular weight excluding hydrogens is 266 g/mol. The second kappa shape index (κ2) is 5.10. The van der Waals surface area contributed by atoms with Crippen molar-refractivity contribution in [2.75, 3.05) is 0 Å². The molecular formula is C21H20N+. The number of aromatic nitrogens is 1. The summed E-state index contributed by atoms with van der Waals surface area (Å²) in [5.41, 5.74) is 8.23. The Kier molecular flexibility index (Phi) is 3.07. The lowest BCUT2D eigenvalue weighted by Crippen LogP contribution is -2.36. The molecule has 0 N–H and O–H groups in total. The van der Waals surface area contributed by atoms with Gasteiger partial charge >= 0.3 is 0 Å². The molecule has 1 nitrogen and oxygen atoms in total. The first kappa shape index (κ1) is 13.3. The molecule has 0 saturated carbocycles. The molecule has 1 aromatic heterocycles. The predicted molar refractivity (Wildman–Crippen MR) is 90.7 cm³/mol. The summed E-state index contributed by atoms with van der Waals surface area (Å²) in [6.45, 7) is 4.53. The second-order valence-corrected chi connectivity index (χ2v) is 5.99. The highest BCUT2D eigenvalue weighted by Gasteiger charge is 2.33. The van der Waals surface area contributed by atoms with Gasteiger partial charge in [0.25, 0.3) is 0 Å². The molecule has 3 aromatic rings. The van der Waals surface area contributed by atoms with Gasteiger partial charge in [-0.05, 0) is 23.6 Å². The Morgan fingerprint density at radius 2 is 1.64 bits per heavy atom. The van der Waals surface area contributed by atoms with Crippen LogP contribution in [-0.2, 0) is 6.42 Å². The van der Waals surface area contributed by atoms with Crippen molar-refractivity contribution < 1.29 is 4.57 Å². The van der Waals surface area contributed by atoms with E-state index in [0.717, 1.165) is 6.42 Å². The van der Waals surface area contributed by atoms with Crippen LogP contribution >= 0.6 is 0 Å². The molecule has 2 aromatic carbocycles. The summed E-state index contributed by atoms with van der Waals surface area (Å²) in [6, 6.07) is 22.3. The number of rotatable bonds is 2. The maximum Gasteiger partial charge on any atom is 0.213 e. The third kappa shape index (κ3) is 1.89. The van der Waals surface area contributed by atoms with E-state index in [4.69, 9.17) is 0 Å². The Hall–Kier alpha value is -2.41. The first-order chi connectivity index (χ1) is 10.8. The van der Waals surface area contributed by atoms with E-state index in [1.807, 2.05) is 0 Å². The van der Waals surface area contributed by atoms with Crippen molar-refractivity contribution in [3.05, 3.63) is 78.0 Å². The largest absolute Gasteiger partial charge is 0.213 e. The number of benzene rings is 2. The fourth-order valence-corrected chi connectivity index (χ4v) is 3.56. The number of hydrogen-bond acceptors (Lipinski definition) is 0. The minimum Gasteiger partial charge on any atom is -0.191 e. The van der Waals surface area contributed by atoms with Gasteiger partial charge < -0.3 is 0 Å². The number of nitrogens with zero attached hydrogens (tertiary/aromatic N) is 1. The van der Waals surface area contributed by atoms with Crippen LogP contribution in [0.25, 0.3) is 22.4 Å². The van der Waals surface area contributed by atoms with E-state index in [-0.39, 0.29) is 0 Å². The maximum atomic E-state index is 2.42. The minimum absolute atomic E-state index is 0.402. The van der Waals surface area contributed by atoms with Crippen molar-refractivity contribution in [1.29, 1.82) is 0 Å². The van der Waals surface area contributed by atoms with Crippen LogP contribution in [0.2, 0.25) is 0 Å². The molecule has 1 aliphatic rings. The highest BCUT2D eigenvalue weighted by molar-refractivity contribution is 5.71. The molecule has 2 heterocycles. The minimum atomic E-state index is 0.402. The molecule has 1 unspecified atom stereocenters. The Labute approximate surface area is 131 Å². The Balaban J connectivity index is 1.96. The first-order valence-corrected chi connectivity index (χ1v) is 8.02. The van der Waals surface area contributed by atoms with Crippen molar-refractivity contribution >= 4 is 0 Å². The van der Waals surface area contributed by atoms with Crippen molar-refractivity contribution in [1.82, 2.24) is 0 Å². The van der Waals surface area contributed by atoms with Crippen LogP contribution in [0.4, 0.5) is 0 Å². The van der Waals surface area contributed by atoms with Crippen LogP contribution in [0.1, 0.15) is 31.0 Å². The molecule has 0 radical (unpaired) electrons. The molecule has 0 amide bonds. The van der Waals surface area contributed by atoms with Crippen LogP contribution < -0.4 is 4.57 Å². The van der Waals surface area contributed by atoms with Crippen molar-refractivity contribution in [2.24, 2.45) is 0 Å². The fourth-order valence-electron chi connectivity index (χ4n) is 3.56. The normalized spacial score (nSPS) is 15.5. The smallest absolute Gasteiger partial charge is 0.191 e. The van der Waals surface area contributed by atoms with Crippen molar-refractivity contribution in [3.8, 4) is 22.4 Å². The van der Waals surface area contributed by atoms with Gasteiger partial charge in [-0.15, -0.1) is 0 Å². The summed E-state index contributed by atoms with van der Waals surface area (Å²) in [5, 5.41) is 0. The number of aryl methyl sites for hydroxylation is 1. The van der Waals surface area contributed by atoms with Gasteiger partial charge in [0.15, 0.2) is 12.2 Å². The zero-order valence-corrected chi connectivity index (χ0v) is 13.1. The lowest BCUT2D eigenvalue weighted by Gasteiger charge is -2.09. The summed E-state index contributed by atoms with van der Waals surface area (Å²) in [6.07, 6.45) is 3.39. The highest BCUT2D eigenvalue weighted by atomic mass is 15.0. The van der Waals surface area contributed by atoms with Crippen molar-refractivity contribution in [3.63, 3.8) is 0 Å². The van der Waals surface area contributed by atoms with E-state index in [1.165, 1.54) is 33.5 Å². The van der Waals surface area contributed by atoms with Gasteiger partial charge in [-0.1, -0.05) is 55.5 Å². The van der Waals surface area contributed by atoms with Gasteiger partial charge in [0, 0.05) is 24.1 Å². The molecule has 108 valence electrons. The molecule has 1 heteroatoms. The zero-order chi connectivity index (χ0) is 15.1. The van der Waals surface area contributed by atoms with Gasteiger partial charge in [-0.2, -0.15) is 4.57 Å². The lowest BCUT2D eigenvalue weighted by molar-refractivity contribution is -0.694. The Morgan fingerprint density at radius 1 is 0.909 bits per heavy atom. The summed E-state index contributed by atoms with van der Waals surface area (Å²) in [4.78, 5) is 0. The van der Waals surface area contributed by atoms with Crippen LogP contribution in [0.5, 0.6) is 0 Å². The molecule has 0 saturated heterocycles. The lowest BCUT2D eigenvalue weighted by atomic mass is 9.98. The van der Waals surface area contributed by atoms with Gasteiger partial charge in [0.2, 0.25) is 5.69 Å². The van der Waals surface area contributed by atoms with Crippen LogP contribution in [-0.4, -0.2) is 0 Å². The van der Waals surface area contributed by atoms with Gasteiger partial charge in [-0.25, -0.2) is 0 Å². The second-order valence-electron chi connectivity index (χ2n) is 5.99. The molecule has 0 spiro atoms. The van der Waals surface area contributed by atoms with Crippen LogP contribution in [0, 0.1) is 0 Å². The summed E-state index contributed by atoms with van der Waals surface area (Å²) in [5.74, 6) is 0. The van der Waals surface area contributed by atoms with Gasteiger partial charge in [0.05, 0.1) is 5.56 Å².